The molecule has 0 aliphatic rings. The van der Waals surface area contributed by atoms with Crippen LogP contribution in [0.4, 0.5) is 13.2 Å². The summed E-state index contributed by atoms with van der Waals surface area (Å²) in [5.41, 5.74) is 0. The number of rotatable bonds is 3. The smallest absolute Gasteiger partial charge is 0.395 e. The van der Waals surface area contributed by atoms with Crippen molar-refractivity contribution in [1.82, 2.24) is 10.3 Å². The van der Waals surface area contributed by atoms with Gasteiger partial charge in [0.15, 0.2) is 5.01 Å². The van der Waals surface area contributed by atoms with Crippen molar-refractivity contribution < 1.29 is 23.1 Å². The molecule has 0 radical (unpaired) electrons. The van der Waals surface area contributed by atoms with Gasteiger partial charge in [0, 0.05) is 6.54 Å². The lowest BCUT2D eigenvalue weighted by Crippen LogP contribution is -2.25. The van der Waals surface area contributed by atoms with Gasteiger partial charge in [-0.2, -0.15) is 13.2 Å². The lowest BCUT2D eigenvalue weighted by Gasteiger charge is -2.00. The number of aromatic nitrogens is 1. The van der Waals surface area contributed by atoms with Gasteiger partial charge in [-0.25, -0.2) is 4.98 Å². The highest BCUT2D eigenvalue weighted by Gasteiger charge is 2.35. The molecule has 0 saturated heterocycles. The van der Waals surface area contributed by atoms with Crippen LogP contribution in [0.2, 0.25) is 0 Å². The van der Waals surface area contributed by atoms with Gasteiger partial charge in [0.2, 0.25) is 0 Å². The van der Waals surface area contributed by atoms with E-state index < -0.39 is 17.1 Å². The molecule has 1 aromatic rings. The number of thiazole rings is 1. The predicted molar refractivity (Wildman–Crippen MR) is 46.5 cm³/mol. The molecule has 15 heavy (non-hydrogen) atoms. The quantitative estimate of drug-likeness (QED) is 0.824. The molecule has 2 N–H and O–H groups in total. The van der Waals surface area contributed by atoms with E-state index in [1.165, 1.54) is 0 Å². The lowest BCUT2D eigenvalue weighted by atomic mass is 10.5. The average Bonchev–Trinajstić information content (AvgIpc) is 2.62. The van der Waals surface area contributed by atoms with Crippen LogP contribution in [-0.4, -0.2) is 29.1 Å². The average molecular weight is 240 g/mol. The summed E-state index contributed by atoms with van der Waals surface area (Å²) < 4.78 is 36.3. The molecule has 0 spiro atoms. The second-order valence-corrected chi connectivity index (χ2v) is 3.54. The zero-order chi connectivity index (χ0) is 11.5. The van der Waals surface area contributed by atoms with Gasteiger partial charge in [-0.3, -0.25) is 4.79 Å². The number of hydrogen-bond acceptors (Lipinski definition) is 4. The van der Waals surface area contributed by atoms with Crippen LogP contribution in [0.25, 0.3) is 0 Å². The second kappa shape index (κ2) is 4.58. The topological polar surface area (TPSA) is 62.2 Å². The minimum absolute atomic E-state index is 0.00190. The maximum absolute atomic E-state index is 12.1. The van der Waals surface area contributed by atoms with Crippen LogP contribution in [0.15, 0.2) is 6.20 Å². The molecule has 1 amide bonds. The molecule has 84 valence electrons. The van der Waals surface area contributed by atoms with Gasteiger partial charge in [0.25, 0.3) is 5.91 Å². The number of aliphatic hydroxyl groups excluding tert-OH is 1. The number of hydrogen-bond donors (Lipinski definition) is 2. The van der Waals surface area contributed by atoms with E-state index in [0.717, 1.165) is 6.20 Å². The summed E-state index contributed by atoms with van der Waals surface area (Å²) in [4.78, 5) is 14.1. The fraction of sp³-hybridized carbons (Fsp3) is 0.429. The summed E-state index contributed by atoms with van der Waals surface area (Å²) in [6.07, 6.45) is -3.67. The Morgan fingerprint density at radius 1 is 1.60 bits per heavy atom. The van der Waals surface area contributed by atoms with Crippen LogP contribution in [0.3, 0.4) is 0 Å². The number of carbonyl (C=O) groups is 1. The maximum Gasteiger partial charge on any atom is 0.443 e. The van der Waals surface area contributed by atoms with Gasteiger partial charge in [-0.05, 0) is 0 Å². The Balaban J connectivity index is 2.72. The normalized spacial score (nSPS) is 11.5. The van der Waals surface area contributed by atoms with Crippen molar-refractivity contribution in [2.24, 2.45) is 0 Å². The van der Waals surface area contributed by atoms with E-state index in [0.29, 0.717) is 0 Å². The van der Waals surface area contributed by atoms with E-state index in [1.54, 1.807) is 0 Å². The van der Waals surface area contributed by atoms with Crippen LogP contribution < -0.4 is 5.32 Å². The fourth-order valence-corrected chi connectivity index (χ4v) is 1.47. The van der Waals surface area contributed by atoms with E-state index >= 15 is 0 Å². The Morgan fingerprint density at radius 3 is 2.73 bits per heavy atom. The molecular weight excluding hydrogens is 233 g/mol. The van der Waals surface area contributed by atoms with Gasteiger partial charge in [-0.15, -0.1) is 11.3 Å². The van der Waals surface area contributed by atoms with Crippen molar-refractivity contribution >= 4 is 17.2 Å². The largest absolute Gasteiger partial charge is 0.443 e. The Morgan fingerprint density at radius 2 is 2.27 bits per heavy atom. The Labute approximate surface area is 86.8 Å². The van der Waals surface area contributed by atoms with Crippen LogP contribution in [0.5, 0.6) is 0 Å². The first-order valence-corrected chi connectivity index (χ1v) is 4.69. The monoisotopic (exact) mass is 240 g/mol. The standard InChI is InChI=1S/C7H7F3N2O2S/c8-7(9,10)6-12-3-4(15-6)5(14)11-1-2-13/h3,13H,1-2H2,(H,11,14). The van der Waals surface area contributed by atoms with E-state index in [2.05, 4.69) is 10.3 Å². The Kier molecular flexibility index (Phi) is 3.64. The van der Waals surface area contributed by atoms with Crippen molar-refractivity contribution in [2.45, 2.75) is 6.18 Å². The SMILES string of the molecule is O=C(NCCO)c1cnc(C(F)(F)F)s1. The third-order valence-corrected chi connectivity index (χ3v) is 2.41. The lowest BCUT2D eigenvalue weighted by molar-refractivity contribution is -0.137. The summed E-state index contributed by atoms with van der Waals surface area (Å²) in [6.45, 7) is -0.269. The van der Waals surface area contributed by atoms with Crippen LogP contribution in [0.1, 0.15) is 14.7 Å². The number of aliphatic hydroxyl groups is 1. The maximum atomic E-state index is 12.1. The van der Waals surface area contributed by atoms with E-state index in [4.69, 9.17) is 5.11 Å². The molecule has 0 bridgehead atoms. The van der Waals surface area contributed by atoms with Crippen molar-refractivity contribution in [3.63, 3.8) is 0 Å². The molecular formula is C7H7F3N2O2S. The highest BCUT2D eigenvalue weighted by atomic mass is 32.1. The Hall–Kier alpha value is -1.15. The van der Waals surface area contributed by atoms with Crippen molar-refractivity contribution in [3.8, 4) is 0 Å². The summed E-state index contributed by atoms with van der Waals surface area (Å²) in [6, 6.07) is 0. The molecule has 0 aliphatic carbocycles. The minimum atomic E-state index is -4.53. The van der Waals surface area contributed by atoms with Crippen molar-refractivity contribution in [2.75, 3.05) is 13.2 Å². The number of nitrogens with one attached hydrogen (secondary N) is 1. The van der Waals surface area contributed by atoms with Gasteiger partial charge in [0.05, 0.1) is 12.8 Å². The molecule has 0 atom stereocenters. The molecule has 0 fully saturated rings. The molecule has 0 aliphatic heterocycles. The first kappa shape index (κ1) is 11.9. The fourth-order valence-electron chi connectivity index (χ4n) is 0.767. The van der Waals surface area contributed by atoms with Crippen LogP contribution in [0, 0.1) is 0 Å². The highest BCUT2D eigenvalue weighted by molar-refractivity contribution is 7.13. The predicted octanol–water partition coefficient (Wildman–Crippen LogP) is 0.884. The number of nitrogens with zero attached hydrogens (tertiary/aromatic N) is 1. The summed E-state index contributed by atoms with van der Waals surface area (Å²) in [5.74, 6) is -0.669. The minimum Gasteiger partial charge on any atom is -0.395 e. The summed E-state index contributed by atoms with van der Waals surface area (Å²) >= 11 is 0.269. The summed E-state index contributed by atoms with van der Waals surface area (Å²) in [5, 5.41) is 9.56. The van der Waals surface area contributed by atoms with Gasteiger partial charge in [0.1, 0.15) is 4.88 Å². The molecule has 1 rings (SSSR count). The van der Waals surface area contributed by atoms with E-state index in [-0.39, 0.29) is 29.4 Å². The molecule has 0 saturated carbocycles. The molecule has 0 unspecified atom stereocenters. The van der Waals surface area contributed by atoms with Crippen molar-refractivity contribution in [3.05, 3.63) is 16.1 Å². The number of amides is 1. The Bertz CT molecular complexity index is 350. The van der Waals surface area contributed by atoms with Crippen molar-refractivity contribution in [1.29, 1.82) is 0 Å². The van der Waals surface area contributed by atoms with Gasteiger partial charge >= 0.3 is 6.18 Å². The second-order valence-electron chi connectivity index (χ2n) is 2.51. The van der Waals surface area contributed by atoms with Crippen LogP contribution >= 0.6 is 11.3 Å². The number of alkyl halides is 3. The third-order valence-electron chi connectivity index (χ3n) is 1.37. The number of halogens is 3. The molecule has 0 aromatic carbocycles. The van der Waals surface area contributed by atoms with Gasteiger partial charge in [-0.1, -0.05) is 0 Å². The third kappa shape index (κ3) is 3.17. The molecule has 1 heterocycles. The zero-order valence-electron chi connectivity index (χ0n) is 7.34. The molecule has 8 heteroatoms. The first-order chi connectivity index (χ1) is 6.95. The van der Waals surface area contributed by atoms with Gasteiger partial charge < -0.3 is 10.4 Å². The summed E-state index contributed by atoms with van der Waals surface area (Å²) in [7, 11) is 0. The molecule has 1 aromatic heterocycles. The highest BCUT2D eigenvalue weighted by Crippen LogP contribution is 2.32. The van der Waals surface area contributed by atoms with Crippen LogP contribution in [-0.2, 0) is 6.18 Å². The van der Waals surface area contributed by atoms with E-state index in [1.807, 2.05) is 0 Å². The molecule has 4 nitrogen and oxygen atoms in total. The number of carbonyl (C=O) groups excluding carboxylic acids is 1. The zero-order valence-corrected chi connectivity index (χ0v) is 8.15. The van der Waals surface area contributed by atoms with E-state index in [9.17, 15) is 18.0 Å². The first-order valence-electron chi connectivity index (χ1n) is 3.87.